The third-order valence-electron chi connectivity index (χ3n) is 7.26. The Balaban J connectivity index is 1.76. The van der Waals surface area contributed by atoms with Crippen LogP contribution in [-0.4, -0.2) is 19.0 Å². The molecule has 0 spiro atoms. The molecule has 0 fully saturated rings. The van der Waals surface area contributed by atoms with Gasteiger partial charge >= 0.3 is 0 Å². The highest BCUT2D eigenvalue weighted by Crippen LogP contribution is 2.55. The summed E-state index contributed by atoms with van der Waals surface area (Å²) in [6, 6.07) is 50.9. The van der Waals surface area contributed by atoms with E-state index in [-0.39, 0.29) is 0 Å². The molecule has 0 bridgehead atoms. The van der Waals surface area contributed by atoms with Crippen LogP contribution < -0.4 is 0 Å². The molecule has 0 saturated carbocycles. The van der Waals surface area contributed by atoms with Crippen molar-refractivity contribution in [2.45, 2.75) is 5.41 Å². The van der Waals surface area contributed by atoms with Crippen LogP contribution in [0, 0.1) is 0 Å². The maximum Gasteiger partial charge on any atom is 0.0887 e. The van der Waals surface area contributed by atoms with Gasteiger partial charge in [0, 0.05) is 24.4 Å². The van der Waals surface area contributed by atoms with Crippen molar-refractivity contribution in [1.29, 1.82) is 0 Å². The van der Waals surface area contributed by atoms with Crippen molar-refractivity contribution >= 4 is 17.5 Å². The van der Waals surface area contributed by atoms with Crippen LogP contribution in [0.5, 0.6) is 0 Å². The highest BCUT2D eigenvalue weighted by atomic mass is 14.8. The molecule has 0 amide bonds. The summed E-state index contributed by atoms with van der Waals surface area (Å²) in [7, 11) is 1.88. The van der Waals surface area contributed by atoms with Crippen molar-refractivity contribution in [1.82, 2.24) is 0 Å². The van der Waals surface area contributed by atoms with Gasteiger partial charge in [-0.2, -0.15) is 0 Å². The lowest BCUT2D eigenvalue weighted by Gasteiger charge is -2.34. The maximum absolute atomic E-state index is 5.36. The van der Waals surface area contributed by atoms with Crippen LogP contribution in [0.15, 0.2) is 161 Å². The molecule has 0 unspecified atom stereocenters. The molecule has 0 saturated heterocycles. The zero-order valence-corrected chi connectivity index (χ0v) is 21.3. The van der Waals surface area contributed by atoms with Crippen molar-refractivity contribution in [3.05, 3.63) is 185 Å². The summed E-state index contributed by atoms with van der Waals surface area (Å²) < 4.78 is 0. The lowest BCUT2D eigenvalue weighted by atomic mass is 9.69. The van der Waals surface area contributed by atoms with Crippen molar-refractivity contribution in [3.63, 3.8) is 0 Å². The Morgan fingerprint density at radius 3 is 1.66 bits per heavy atom. The van der Waals surface area contributed by atoms with Crippen LogP contribution >= 0.6 is 0 Å². The number of nitrogens with zero attached hydrogens (tertiary/aromatic N) is 2. The minimum absolute atomic E-state index is 0.607. The second-order valence-electron chi connectivity index (χ2n) is 9.36. The second-order valence-corrected chi connectivity index (χ2v) is 9.36. The van der Waals surface area contributed by atoms with Gasteiger partial charge in [0.1, 0.15) is 0 Å². The Kier molecular flexibility index (Phi) is 6.37. The van der Waals surface area contributed by atoms with Gasteiger partial charge in [-0.25, -0.2) is 0 Å². The zero-order chi connectivity index (χ0) is 25.8. The van der Waals surface area contributed by atoms with Gasteiger partial charge in [-0.15, -0.1) is 0 Å². The van der Waals surface area contributed by atoms with Crippen LogP contribution in [0.2, 0.25) is 0 Å². The zero-order valence-electron chi connectivity index (χ0n) is 21.3. The van der Waals surface area contributed by atoms with E-state index >= 15 is 0 Å². The monoisotopic (exact) mass is 488 g/mol. The average molecular weight is 489 g/mol. The van der Waals surface area contributed by atoms with Gasteiger partial charge in [0.05, 0.1) is 16.8 Å². The molecule has 0 aliphatic heterocycles. The Morgan fingerprint density at radius 2 is 1.08 bits per heavy atom. The number of fused-ring (bicyclic) bond motifs is 1. The fraction of sp³-hybridized carbons (Fsp3) is 0.0556. The first-order chi connectivity index (χ1) is 18.8. The Labute approximate surface area is 224 Å². The number of benzene rings is 5. The van der Waals surface area contributed by atoms with Gasteiger partial charge in [-0.1, -0.05) is 146 Å². The second kappa shape index (κ2) is 10.3. The topological polar surface area (TPSA) is 24.7 Å². The van der Waals surface area contributed by atoms with Crippen molar-refractivity contribution in [2.24, 2.45) is 9.98 Å². The van der Waals surface area contributed by atoms with Crippen LogP contribution in [0.1, 0.15) is 33.4 Å². The summed E-state index contributed by atoms with van der Waals surface area (Å²) in [5, 5.41) is 0. The quantitative estimate of drug-likeness (QED) is 0.216. The molecule has 1 aliphatic rings. The Hall–Kier alpha value is -4.82. The maximum atomic E-state index is 5.36. The van der Waals surface area contributed by atoms with E-state index in [1.165, 1.54) is 16.7 Å². The molecule has 6 rings (SSSR count). The summed E-state index contributed by atoms with van der Waals surface area (Å²) in [4.78, 5) is 10.2. The highest BCUT2D eigenvalue weighted by molar-refractivity contribution is 6.34. The van der Waals surface area contributed by atoms with E-state index in [0.717, 1.165) is 33.7 Å². The summed E-state index contributed by atoms with van der Waals surface area (Å²) in [6.07, 6.45) is 1.99. The Morgan fingerprint density at radius 1 is 0.579 bits per heavy atom. The van der Waals surface area contributed by atoms with Crippen molar-refractivity contribution in [3.8, 4) is 0 Å². The van der Waals surface area contributed by atoms with Gasteiger partial charge in [0.25, 0.3) is 0 Å². The van der Waals surface area contributed by atoms with E-state index in [2.05, 4.69) is 121 Å². The lowest BCUT2D eigenvalue weighted by molar-refractivity contribution is 0.735. The third kappa shape index (κ3) is 3.91. The summed E-state index contributed by atoms with van der Waals surface area (Å²) in [5.74, 6) is 0. The molecule has 5 aromatic carbocycles. The number of aliphatic imine (C=N–C) groups is 2. The minimum atomic E-state index is -0.607. The molecule has 0 heterocycles. The fourth-order valence-electron chi connectivity index (χ4n) is 5.66. The molecule has 2 nitrogen and oxygen atoms in total. The van der Waals surface area contributed by atoms with Crippen LogP contribution in [0.3, 0.4) is 0 Å². The van der Waals surface area contributed by atoms with Crippen LogP contribution in [-0.2, 0) is 5.41 Å². The van der Waals surface area contributed by atoms with E-state index in [0.29, 0.717) is 0 Å². The van der Waals surface area contributed by atoms with E-state index in [9.17, 15) is 0 Å². The number of rotatable bonds is 6. The molecule has 2 heteroatoms. The molecular weight excluding hydrogens is 460 g/mol. The first kappa shape index (κ1) is 23.6. The number of hydrogen-bond acceptors (Lipinski definition) is 2. The minimum Gasteiger partial charge on any atom is -0.287 e. The molecular formula is C36H28N2. The summed E-state index contributed by atoms with van der Waals surface area (Å²) >= 11 is 0. The van der Waals surface area contributed by atoms with Gasteiger partial charge in [0.15, 0.2) is 0 Å². The SMILES string of the molecule is C/N=C(C1=C(/N=C/c2ccccc2)C(c2ccccc2)(c2ccccc2)c2ccccc21)/c1ccccc1. The van der Waals surface area contributed by atoms with Gasteiger partial charge in [-0.05, 0) is 27.8 Å². The lowest BCUT2D eigenvalue weighted by Crippen LogP contribution is -2.29. The van der Waals surface area contributed by atoms with E-state index in [1.807, 2.05) is 37.5 Å². The molecule has 0 aromatic heterocycles. The van der Waals surface area contributed by atoms with Crippen LogP contribution in [0.25, 0.3) is 5.57 Å². The normalized spacial score (nSPS) is 14.6. The number of allylic oxidation sites excluding steroid dienone is 2. The predicted molar refractivity (Wildman–Crippen MR) is 159 cm³/mol. The predicted octanol–water partition coefficient (Wildman–Crippen LogP) is 7.98. The first-order valence-corrected chi connectivity index (χ1v) is 12.9. The molecule has 38 heavy (non-hydrogen) atoms. The van der Waals surface area contributed by atoms with Gasteiger partial charge < -0.3 is 0 Å². The van der Waals surface area contributed by atoms with Gasteiger partial charge in [-0.3, -0.25) is 9.98 Å². The fourth-order valence-corrected chi connectivity index (χ4v) is 5.66. The molecule has 0 atom stereocenters. The third-order valence-corrected chi connectivity index (χ3v) is 7.26. The molecule has 182 valence electrons. The molecule has 5 aromatic rings. The van der Waals surface area contributed by atoms with E-state index in [1.54, 1.807) is 0 Å². The summed E-state index contributed by atoms with van der Waals surface area (Å²) in [6.45, 7) is 0. The summed E-state index contributed by atoms with van der Waals surface area (Å²) in [5.41, 5.74) is 9.23. The molecule has 0 radical (unpaired) electrons. The van der Waals surface area contributed by atoms with Crippen LogP contribution in [0.4, 0.5) is 0 Å². The number of hydrogen-bond donors (Lipinski definition) is 0. The molecule has 0 N–H and O–H groups in total. The van der Waals surface area contributed by atoms with Crippen molar-refractivity contribution in [2.75, 3.05) is 7.05 Å². The average Bonchev–Trinajstić information content (AvgIpc) is 3.29. The first-order valence-electron chi connectivity index (χ1n) is 12.9. The smallest absolute Gasteiger partial charge is 0.0887 e. The Bertz CT molecular complexity index is 1590. The molecule has 1 aliphatic carbocycles. The standard InChI is InChI=1S/C36H28N2/c1-37-34(28-18-8-3-9-19-28)33-31-24-14-15-25-32(31)36(29-20-10-4-11-21-29,30-22-12-5-13-23-30)35(33)38-26-27-16-6-2-7-17-27/h2-26H,1H3/b37-34-,38-26+. The van der Waals surface area contributed by atoms with E-state index < -0.39 is 5.41 Å². The van der Waals surface area contributed by atoms with Gasteiger partial charge in [0.2, 0.25) is 0 Å². The largest absolute Gasteiger partial charge is 0.287 e. The van der Waals surface area contributed by atoms with E-state index in [4.69, 9.17) is 9.98 Å². The highest BCUT2D eigenvalue weighted by Gasteiger charge is 2.49. The van der Waals surface area contributed by atoms with Crippen molar-refractivity contribution < 1.29 is 0 Å².